The lowest BCUT2D eigenvalue weighted by Crippen LogP contribution is -2.34. The standard InChI is InChI=1S/C9H18N2O2/c1-13-5-2-8(12)11-7-9(6-10)3-4-9/h2-7,10H2,1H3,(H,11,12). The van der Waals surface area contributed by atoms with Crippen molar-refractivity contribution in [1.82, 2.24) is 5.32 Å². The molecule has 3 N–H and O–H groups in total. The summed E-state index contributed by atoms with van der Waals surface area (Å²) < 4.78 is 4.80. The van der Waals surface area contributed by atoms with Gasteiger partial charge in [-0.2, -0.15) is 0 Å². The SMILES string of the molecule is COCCC(=O)NCC1(CN)CC1. The Labute approximate surface area is 78.8 Å². The number of amides is 1. The van der Waals surface area contributed by atoms with Gasteiger partial charge in [-0.15, -0.1) is 0 Å². The summed E-state index contributed by atoms with van der Waals surface area (Å²) in [7, 11) is 1.59. The Morgan fingerprint density at radius 2 is 2.31 bits per heavy atom. The molecule has 1 amide bonds. The highest BCUT2D eigenvalue weighted by atomic mass is 16.5. The van der Waals surface area contributed by atoms with Gasteiger partial charge in [-0.25, -0.2) is 0 Å². The Morgan fingerprint density at radius 1 is 1.62 bits per heavy atom. The molecule has 0 spiro atoms. The van der Waals surface area contributed by atoms with Crippen LogP contribution in [0.25, 0.3) is 0 Å². The first-order valence-corrected chi connectivity index (χ1v) is 4.68. The zero-order chi connectivity index (χ0) is 9.73. The van der Waals surface area contributed by atoms with E-state index in [0.717, 1.165) is 19.4 Å². The summed E-state index contributed by atoms with van der Waals surface area (Å²) in [5.41, 5.74) is 5.80. The number of hydrogen-bond acceptors (Lipinski definition) is 3. The molecule has 0 radical (unpaired) electrons. The summed E-state index contributed by atoms with van der Waals surface area (Å²) >= 11 is 0. The molecule has 0 heterocycles. The number of rotatable bonds is 6. The molecule has 0 aliphatic heterocycles. The first-order chi connectivity index (χ1) is 6.22. The molecule has 0 atom stereocenters. The molecule has 4 nitrogen and oxygen atoms in total. The monoisotopic (exact) mass is 186 g/mol. The van der Waals surface area contributed by atoms with Gasteiger partial charge in [0.15, 0.2) is 0 Å². The second-order valence-electron chi connectivity index (χ2n) is 3.72. The van der Waals surface area contributed by atoms with Crippen LogP contribution in [0.4, 0.5) is 0 Å². The van der Waals surface area contributed by atoms with E-state index in [0.29, 0.717) is 19.6 Å². The van der Waals surface area contributed by atoms with E-state index >= 15 is 0 Å². The smallest absolute Gasteiger partial charge is 0.222 e. The number of ether oxygens (including phenoxy) is 1. The molecule has 1 fully saturated rings. The lowest BCUT2D eigenvalue weighted by molar-refractivity contribution is -0.122. The van der Waals surface area contributed by atoms with Gasteiger partial charge in [0.2, 0.25) is 5.91 Å². The largest absolute Gasteiger partial charge is 0.384 e. The number of carbonyl (C=O) groups excluding carboxylic acids is 1. The van der Waals surface area contributed by atoms with Crippen molar-refractivity contribution in [3.63, 3.8) is 0 Å². The van der Waals surface area contributed by atoms with Crippen LogP contribution in [-0.2, 0) is 9.53 Å². The third kappa shape index (κ3) is 3.32. The van der Waals surface area contributed by atoms with E-state index in [4.69, 9.17) is 10.5 Å². The molecule has 13 heavy (non-hydrogen) atoms. The fourth-order valence-corrected chi connectivity index (χ4v) is 1.20. The molecule has 0 unspecified atom stereocenters. The molecular formula is C9H18N2O2. The minimum atomic E-state index is 0.0570. The van der Waals surface area contributed by atoms with Crippen molar-refractivity contribution in [2.45, 2.75) is 19.3 Å². The van der Waals surface area contributed by atoms with E-state index in [9.17, 15) is 4.79 Å². The van der Waals surface area contributed by atoms with Crippen molar-refractivity contribution in [1.29, 1.82) is 0 Å². The summed E-state index contributed by atoms with van der Waals surface area (Å²) in [6, 6.07) is 0. The van der Waals surface area contributed by atoms with Gasteiger partial charge in [0.05, 0.1) is 6.61 Å². The zero-order valence-corrected chi connectivity index (χ0v) is 8.14. The maximum absolute atomic E-state index is 11.2. The van der Waals surface area contributed by atoms with Crippen LogP contribution < -0.4 is 11.1 Å². The van der Waals surface area contributed by atoms with Crippen LogP contribution >= 0.6 is 0 Å². The first kappa shape index (κ1) is 10.5. The number of methoxy groups -OCH3 is 1. The van der Waals surface area contributed by atoms with Gasteiger partial charge in [-0.05, 0) is 24.8 Å². The van der Waals surface area contributed by atoms with Crippen LogP contribution in [0.5, 0.6) is 0 Å². The van der Waals surface area contributed by atoms with Crippen LogP contribution in [0, 0.1) is 5.41 Å². The molecule has 0 saturated heterocycles. The second kappa shape index (κ2) is 4.58. The first-order valence-electron chi connectivity index (χ1n) is 4.68. The average molecular weight is 186 g/mol. The average Bonchev–Trinajstić information content (AvgIpc) is 2.92. The highest BCUT2D eigenvalue weighted by Gasteiger charge is 2.41. The quantitative estimate of drug-likeness (QED) is 0.607. The predicted octanol–water partition coefficient (Wildman–Crippen LogP) is -0.122. The van der Waals surface area contributed by atoms with Crippen LogP contribution in [0.2, 0.25) is 0 Å². The van der Waals surface area contributed by atoms with Crippen LogP contribution in [0.3, 0.4) is 0 Å². The van der Waals surface area contributed by atoms with Crippen molar-refractivity contribution < 1.29 is 9.53 Å². The lowest BCUT2D eigenvalue weighted by atomic mass is 10.1. The van der Waals surface area contributed by atoms with Crippen molar-refractivity contribution in [3.8, 4) is 0 Å². The normalized spacial score (nSPS) is 18.3. The molecule has 0 aromatic carbocycles. The van der Waals surface area contributed by atoms with E-state index in [1.165, 1.54) is 0 Å². The molecule has 0 aromatic heterocycles. The zero-order valence-electron chi connectivity index (χ0n) is 8.14. The Balaban J connectivity index is 2.08. The Morgan fingerprint density at radius 3 is 2.77 bits per heavy atom. The van der Waals surface area contributed by atoms with Gasteiger partial charge < -0.3 is 15.8 Å². The van der Waals surface area contributed by atoms with Gasteiger partial charge in [-0.3, -0.25) is 4.79 Å². The topological polar surface area (TPSA) is 64.3 Å². The maximum Gasteiger partial charge on any atom is 0.222 e. The van der Waals surface area contributed by atoms with E-state index in [-0.39, 0.29) is 11.3 Å². The van der Waals surface area contributed by atoms with Crippen LogP contribution in [0.1, 0.15) is 19.3 Å². The second-order valence-corrected chi connectivity index (χ2v) is 3.72. The van der Waals surface area contributed by atoms with Gasteiger partial charge in [0, 0.05) is 20.1 Å². The molecular weight excluding hydrogens is 168 g/mol. The van der Waals surface area contributed by atoms with E-state index in [1.54, 1.807) is 7.11 Å². The minimum absolute atomic E-state index is 0.0570. The number of carbonyl (C=O) groups is 1. The van der Waals surface area contributed by atoms with Gasteiger partial charge >= 0.3 is 0 Å². The number of nitrogens with one attached hydrogen (secondary N) is 1. The number of nitrogens with two attached hydrogens (primary N) is 1. The highest BCUT2D eigenvalue weighted by Crippen LogP contribution is 2.43. The fraction of sp³-hybridized carbons (Fsp3) is 0.889. The van der Waals surface area contributed by atoms with Crippen LogP contribution in [0.15, 0.2) is 0 Å². The van der Waals surface area contributed by atoms with Crippen molar-refractivity contribution in [2.75, 3.05) is 26.8 Å². The molecule has 1 aliphatic carbocycles. The third-order valence-corrected chi connectivity index (χ3v) is 2.58. The Kier molecular flexibility index (Phi) is 3.69. The van der Waals surface area contributed by atoms with Gasteiger partial charge in [0.25, 0.3) is 0 Å². The van der Waals surface area contributed by atoms with E-state index in [2.05, 4.69) is 5.32 Å². The van der Waals surface area contributed by atoms with Crippen LogP contribution in [-0.4, -0.2) is 32.7 Å². The minimum Gasteiger partial charge on any atom is -0.384 e. The summed E-state index contributed by atoms with van der Waals surface area (Å²) in [5, 5.41) is 2.87. The summed E-state index contributed by atoms with van der Waals surface area (Å²) in [6.07, 6.45) is 2.74. The molecule has 1 aliphatic rings. The molecule has 4 heteroatoms. The third-order valence-electron chi connectivity index (χ3n) is 2.58. The van der Waals surface area contributed by atoms with Crippen molar-refractivity contribution >= 4 is 5.91 Å². The summed E-state index contributed by atoms with van der Waals surface area (Å²) in [5.74, 6) is 0.0570. The Bertz CT molecular complexity index is 178. The lowest BCUT2D eigenvalue weighted by Gasteiger charge is -2.12. The molecule has 0 aromatic rings. The molecule has 76 valence electrons. The van der Waals surface area contributed by atoms with Crippen molar-refractivity contribution in [3.05, 3.63) is 0 Å². The fourth-order valence-electron chi connectivity index (χ4n) is 1.20. The van der Waals surface area contributed by atoms with Crippen molar-refractivity contribution in [2.24, 2.45) is 11.1 Å². The maximum atomic E-state index is 11.2. The predicted molar refractivity (Wildman–Crippen MR) is 50.2 cm³/mol. The van der Waals surface area contributed by atoms with Gasteiger partial charge in [0.1, 0.15) is 0 Å². The van der Waals surface area contributed by atoms with E-state index in [1.807, 2.05) is 0 Å². The molecule has 1 saturated carbocycles. The molecule has 1 rings (SSSR count). The Hall–Kier alpha value is -0.610. The summed E-state index contributed by atoms with van der Waals surface area (Å²) in [4.78, 5) is 11.2. The number of hydrogen-bond donors (Lipinski definition) is 2. The van der Waals surface area contributed by atoms with E-state index < -0.39 is 0 Å². The van der Waals surface area contributed by atoms with Gasteiger partial charge in [-0.1, -0.05) is 0 Å². The summed E-state index contributed by atoms with van der Waals surface area (Å²) in [6.45, 7) is 1.89. The highest BCUT2D eigenvalue weighted by molar-refractivity contribution is 5.76. The molecule has 0 bridgehead atoms.